The number of carbonyl (C=O) groups is 2. The molecule has 0 saturated carbocycles. The third kappa shape index (κ3) is 5.83. The standard InChI is InChI=1S/C42H34N4O4/c1-25-11-7-19-33(43-25)35-21-9-13-27(45-35)23-49-41(47)39-37-29-15-3-5-17-31(29)38(32-18-6-4-16-30(32)37)40(39)42(48)50-24-28-14-10-22-36(46-28)34-20-8-12-26(2)44-34/h3-22,37-40H,23-24H2,1-2H3. The van der Waals surface area contributed by atoms with Gasteiger partial charge in [-0.25, -0.2) is 9.97 Å². The molecule has 0 spiro atoms. The summed E-state index contributed by atoms with van der Waals surface area (Å²) in [7, 11) is 0. The quantitative estimate of drug-likeness (QED) is 0.155. The minimum atomic E-state index is -0.797. The molecular formula is C42H34N4O4. The zero-order valence-corrected chi connectivity index (χ0v) is 27.7. The van der Waals surface area contributed by atoms with E-state index in [4.69, 9.17) is 19.4 Å². The van der Waals surface area contributed by atoms with Crippen LogP contribution in [0.4, 0.5) is 0 Å². The summed E-state index contributed by atoms with van der Waals surface area (Å²) in [6.45, 7) is 3.78. The number of rotatable bonds is 8. The van der Waals surface area contributed by atoms with Gasteiger partial charge in [0.25, 0.3) is 0 Å². The van der Waals surface area contributed by atoms with Crippen LogP contribution in [0.15, 0.2) is 121 Å². The average Bonchev–Trinajstić information content (AvgIpc) is 3.16. The van der Waals surface area contributed by atoms with Gasteiger partial charge in [0.15, 0.2) is 0 Å². The molecule has 8 nitrogen and oxygen atoms in total. The minimum Gasteiger partial charge on any atom is -0.459 e. The van der Waals surface area contributed by atoms with Crippen LogP contribution in [0.1, 0.15) is 56.9 Å². The molecule has 2 aromatic carbocycles. The van der Waals surface area contributed by atoms with Crippen molar-refractivity contribution >= 4 is 11.9 Å². The number of pyridine rings is 4. The zero-order chi connectivity index (χ0) is 34.2. The van der Waals surface area contributed by atoms with Crippen LogP contribution in [-0.4, -0.2) is 31.9 Å². The topological polar surface area (TPSA) is 104 Å². The van der Waals surface area contributed by atoms with Crippen molar-refractivity contribution in [3.05, 3.63) is 166 Å². The Morgan fingerprint density at radius 1 is 0.460 bits per heavy atom. The number of carbonyl (C=O) groups excluding carboxylic acids is 2. The van der Waals surface area contributed by atoms with Crippen molar-refractivity contribution in [2.45, 2.75) is 38.9 Å². The second kappa shape index (κ2) is 13.1. The molecule has 0 N–H and O–H groups in total. The number of hydrogen-bond acceptors (Lipinski definition) is 8. The lowest BCUT2D eigenvalue weighted by atomic mass is 9.54. The predicted molar refractivity (Wildman–Crippen MR) is 188 cm³/mol. The highest BCUT2D eigenvalue weighted by Crippen LogP contribution is 2.58. The largest absolute Gasteiger partial charge is 0.459 e. The van der Waals surface area contributed by atoms with Crippen molar-refractivity contribution in [2.24, 2.45) is 11.8 Å². The van der Waals surface area contributed by atoms with Gasteiger partial charge in [0, 0.05) is 23.2 Å². The van der Waals surface area contributed by atoms with Gasteiger partial charge in [-0.15, -0.1) is 0 Å². The van der Waals surface area contributed by atoms with Gasteiger partial charge in [-0.05, 0) is 84.6 Å². The van der Waals surface area contributed by atoms with Crippen LogP contribution in [0.3, 0.4) is 0 Å². The smallest absolute Gasteiger partial charge is 0.311 e. The maximum absolute atomic E-state index is 14.3. The number of ether oxygens (including phenoxy) is 2. The summed E-state index contributed by atoms with van der Waals surface area (Å²) in [5, 5.41) is 0. The van der Waals surface area contributed by atoms with Crippen molar-refractivity contribution in [2.75, 3.05) is 0 Å². The number of aryl methyl sites for hydroxylation is 2. The van der Waals surface area contributed by atoms with Crippen LogP contribution in [0.2, 0.25) is 0 Å². The normalized spacial score (nSPS) is 18.5. The van der Waals surface area contributed by atoms with E-state index in [1.54, 1.807) is 0 Å². The summed E-state index contributed by atoms with van der Waals surface area (Å²) < 4.78 is 12.1. The van der Waals surface area contributed by atoms with Gasteiger partial charge in [-0.3, -0.25) is 19.6 Å². The Labute approximate surface area is 290 Å². The Bertz CT molecular complexity index is 2050. The number of esters is 2. The molecule has 2 bridgehead atoms. The van der Waals surface area contributed by atoms with Crippen LogP contribution in [-0.2, 0) is 32.3 Å². The summed E-state index contributed by atoms with van der Waals surface area (Å²) in [5.74, 6) is -3.26. The zero-order valence-electron chi connectivity index (χ0n) is 27.7. The van der Waals surface area contributed by atoms with E-state index in [0.717, 1.165) is 45.0 Å². The van der Waals surface area contributed by atoms with Crippen molar-refractivity contribution in [3.63, 3.8) is 0 Å². The molecule has 246 valence electrons. The molecular weight excluding hydrogens is 624 g/mol. The SMILES string of the molecule is Cc1cccc(-c2cccc(COC(=O)C3C4c5ccccc5C(c5ccccc54)C3C(=O)OCc3cccc(-c4cccc(C)n4)n3)n2)n1. The Balaban J connectivity index is 1.09. The molecule has 0 fully saturated rings. The molecule has 0 saturated heterocycles. The Morgan fingerprint density at radius 2 is 0.800 bits per heavy atom. The second-order valence-electron chi connectivity index (χ2n) is 12.8. The first-order chi connectivity index (χ1) is 24.4. The molecule has 2 unspecified atom stereocenters. The van der Waals surface area contributed by atoms with E-state index in [1.165, 1.54) is 0 Å². The van der Waals surface area contributed by atoms with Gasteiger partial charge < -0.3 is 9.47 Å². The molecule has 2 atom stereocenters. The highest BCUT2D eigenvalue weighted by molar-refractivity contribution is 5.88. The van der Waals surface area contributed by atoms with Crippen LogP contribution in [0, 0.1) is 25.7 Å². The molecule has 4 aromatic heterocycles. The molecule has 3 aliphatic carbocycles. The number of benzene rings is 2. The van der Waals surface area contributed by atoms with E-state index < -0.39 is 23.8 Å². The fourth-order valence-corrected chi connectivity index (χ4v) is 7.50. The van der Waals surface area contributed by atoms with E-state index in [1.807, 2.05) is 111 Å². The lowest BCUT2D eigenvalue weighted by molar-refractivity contribution is -0.165. The molecule has 6 aromatic rings. The first-order valence-electron chi connectivity index (χ1n) is 16.8. The molecule has 50 heavy (non-hydrogen) atoms. The first-order valence-corrected chi connectivity index (χ1v) is 16.8. The third-order valence-corrected chi connectivity index (χ3v) is 9.62. The van der Waals surface area contributed by atoms with Crippen LogP contribution >= 0.6 is 0 Å². The average molecular weight is 659 g/mol. The van der Waals surface area contributed by atoms with Gasteiger partial charge in [-0.1, -0.05) is 72.8 Å². The highest BCUT2D eigenvalue weighted by Gasteiger charge is 2.56. The molecule has 0 aliphatic heterocycles. The highest BCUT2D eigenvalue weighted by atomic mass is 16.5. The molecule has 8 heteroatoms. The summed E-state index contributed by atoms with van der Waals surface area (Å²) in [4.78, 5) is 47.2. The third-order valence-electron chi connectivity index (χ3n) is 9.62. The lowest BCUT2D eigenvalue weighted by Gasteiger charge is -2.48. The Morgan fingerprint density at radius 3 is 1.16 bits per heavy atom. The number of fused-ring (bicyclic) bond motifs is 1. The van der Waals surface area contributed by atoms with Gasteiger partial charge in [0.2, 0.25) is 0 Å². The number of aromatic nitrogens is 4. The second-order valence-corrected chi connectivity index (χ2v) is 12.8. The van der Waals surface area contributed by atoms with Gasteiger partial charge in [0.05, 0.1) is 46.0 Å². The maximum atomic E-state index is 14.3. The van der Waals surface area contributed by atoms with Gasteiger partial charge >= 0.3 is 11.9 Å². The first kappa shape index (κ1) is 31.3. The Hall–Kier alpha value is -6.02. The van der Waals surface area contributed by atoms with E-state index >= 15 is 0 Å². The molecule has 0 amide bonds. The van der Waals surface area contributed by atoms with Crippen LogP contribution in [0.25, 0.3) is 22.8 Å². The van der Waals surface area contributed by atoms with Crippen molar-refractivity contribution in [1.82, 2.24) is 19.9 Å². The predicted octanol–water partition coefficient (Wildman–Crippen LogP) is 7.53. The van der Waals surface area contributed by atoms with E-state index in [9.17, 15) is 9.59 Å². The summed E-state index contributed by atoms with van der Waals surface area (Å²) in [6, 6.07) is 38.9. The molecule has 9 rings (SSSR count). The molecule has 3 aliphatic rings. The van der Waals surface area contributed by atoms with Crippen molar-refractivity contribution in [3.8, 4) is 22.8 Å². The fourth-order valence-electron chi connectivity index (χ4n) is 7.50. The van der Waals surface area contributed by atoms with Crippen molar-refractivity contribution in [1.29, 1.82) is 0 Å². The Kier molecular flexibility index (Phi) is 8.20. The van der Waals surface area contributed by atoms with E-state index in [-0.39, 0.29) is 25.0 Å². The van der Waals surface area contributed by atoms with Crippen molar-refractivity contribution < 1.29 is 19.1 Å². The summed E-state index contributed by atoms with van der Waals surface area (Å²) in [6.07, 6.45) is 0. The lowest BCUT2D eigenvalue weighted by Crippen LogP contribution is -2.48. The van der Waals surface area contributed by atoms with E-state index in [0.29, 0.717) is 22.8 Å². The molecule has 0 radical (unpaired) electrons. The molecule has 4 heterocycles. The van der Waals surface area contributed by atoms with Gasteiger partial charge in [-0.2, -0.15) is 0 Å². The van der Waals surface area contributed by atoms with Crippen LogP contribution < -0.4 is 0 Å². The fraction of sp³-hybridized carbons (Fsp3) is 0.190. The minimum absolute atomic E-state index is 0.0405. The van der Waals surface area contributed by atoms with Crippen LogP contribution in [0.5, 0.6) is 0 Å². The van der Waals surface area contributed by atoms with Gasteiger partial charge in [0.1, 0.15) is 13.2 Å². The van der Waals surface area contributed by atoms with E-state index in [2.05, 4.69) is 34.2 Å². The maximum Gasteiger partial charge on any atom is 0.311 e. The number of nitrogens with zero attached hydrogens (tertiary/aromatic N) is 4. The monoisotopic (exact) mass is 658 g/mol. The summed E-state index contributed by atoms with van der Waals surface area (Å²) in [5.41, 5.74) is 9.98. The summed E-state index contributed by atoms with van der Waals surface area (Å²) >= 11 is 0. The number of hydrogen-bond donors (Lipinski definition) is 0.